The lowest BCUT2D eigenvalue weighted by Gasteiger charge is -2.26. The lowest BCUT2D eigenvalue weighted by atomic mass is 9.94. The highest BCUT2D eigenvalue weighted by atomic mass is 16.1. The van der Waals surface area contributed by atoms with E-state index >= 15 is 0 Å². The first-order valence-electron chi connectivity index (χ1n) is 6.03. The van der Waals surface area contributed by atoms with Gasteiger partial charge in [-0.15, -0.1) is 0 Å². The number of nitrogens with one attached hydrogen (secondary N) is 2. The van der Waals surface area contributed by atoms with Crippen LogP contribution in [0.2, 0.25) is 0 Å². The summed E-state index contributed by atoms with van der Waals surface area (Å²) in [6.45, 7) is 3.45. The number of carbonyl (C=O) groups is 1. The molecule has 1 atom stereocenters. The van der Waals surface area contributed by atoms with Crippen LogP contribution in [0.4, 0.5) is 0 Å². The van der Waals surface area contributed by atoms with Crippen LogP contribution in [0.15, 0.2) is 36.4 Å². The highest BCUT2D eigenvalue weighted by Gasteiger charge is 2.18. The zero-order chi connectivity index (χ0) is 12.1. The van der Waals surface area contributed by atoms with Crippen molar-refractivity contribution in [2.45, 2.75) is 19.4 Å². The van der Waals surface area contributed by atoms with Gasteiger partial charge >= 0.3 is 0 Å². The Bertz CT molecular complexity index is 426. The lowest BCUT2D eigenvalue weighted by Crippen LogP contribution is -2.38. The first-order chi connectivity index (χ1) is 8.31. The van der Waals surface area contributed by atoms with E-state index in [1.54, 1.807) is 12.2 Å². The molecule has 1 aromatic rings. The molecule has 1 aliphatic heterocycles. The van der Waals surface area contributed by atoms with Gasteiger partial charge in [0.2, 0.25) is 5.91 Å². The van der Waals surface area contributed by atoms with Gasteiger partial charge in [0.05, 0.1) is 0 Å². The van der Waals surface area contributed by atoms with E-state index in [1.807, 2.05) is 13.0 Å². The molecule has 0 spiro atoms. The van der Waals surface area contributed by atoms with Crippen LogP contribution in [0.25, 0.3) is 0 Å². The van der Waals surface area contributed by atoms with Gasteiger partial charge in [0.15, 0.2) is 0 Å². The summed E-state index contributed by atoms with van der Waals surface area (Å²) < 4.78 is 0. The summed E-state index contributed by atoms with van der Waals surface area (Å²) in [4.78, 5) is 11.4. The van der Waals surface area contributed by atoms with Gasteiger partial charge in [-0.3, -0.25) is 4.79 Å². The van der Waals surface area contributed by atoms with Crippen LogP contribution in [-0.4, -0.2) is 19.0 Å². The van der Waals surface area contributed by atoms with Crippen LogP contribution in [-0.2, 0) is 11.2 Å². The number of carbonyl (C=O) groups excluding carboxylic acids is 1. The fraction of sp³-hybridized carbons (Fsp3) is 0.357. The average Bonchev–Trinajstić information content (AvgIpc) is 2.36. The van der Waals surface area contributed by atoms with Crippen molar-refractivity contribution in [2.24, 2.45) is 0 Å². The molecule has 3 nitrogen and oxygen atoms in total. The second-order valence-corrected chi connectivity index (χ2v) is 4.20. The molecular formula is C14H18N2O. The van der Waals surface area contributed by atoms with Crippen molar-refractivity contribution >= 4 is 5.91 Å². The third kappa shape index (κ3) is 2.94. The Hall–Kier alpha value is -1.61. The number of hydrogen-bond acceptors (Lipinski definition) is 2. The van der Waals surface area contributed by atoms with E-state index in [1.165, 1.54) is 11.1 Å². The maximum Gasteiger partial charge on any atom is 0.243 e. The molecule has 0 radical (unpaired) electrons. The molecule has 1 heterocycles. The Kier molecular flexibility index (Phi) is 3.94. The number of hydrogen-bond donors (Lipinski definition) is 2. The largest absolute Gasteiger partial charge is 0.351 e. The number of amides is 1. The molecule has 0 saturated heterocycles. The Morgan fingerprint density at radius 2 is 2.35 bits per heavy atom. The molecule has 2 N–H and O–H groups in total. The van der Waals surface area contributed by atoms with Crippen molar-refractivity contribution in [1.29, 1.82) is 0 Å². The molecule has 0 saturated carbocycles. The Balaban J connectivity index is 2.01. The van der Waals surface area contributed by atoms with Crippen LogP contribution in [0.5, 0.6) is 0 Å². The summed E-state index contributed by atoms with van der Waals surface area (Å²) in [5.41, 5.74) is 2.69. The van der Waals surface area contributed by atoms with Gasteiger partial charge in [-0.1, -0.05) is 30.3 Å². The SMILES string of the molecule is C/C=C/C(=O)NCC1NCCc2ccccc21. The predicted molar refractivity (Wildman–Crippen MR) is 68.7 cm³/mol. The molecule has 17 heavy (non-hydrogen) atoms. The zero-order valence-electron chi connectivity index (χ0n) is 10.1. The van der Waals surface area contributed by atoms with Crippen LogP contribution < -0.4 is 10.6 Å². The minimum absolute atomic E-state index is 0.0302. The first-order valence-corrected chi connectivity index (χ1v) is 6.03. The number of rotatable bonds is 3. The van der Waals surface area contributed by atoms with Crippen molar-refractivity contribution in [3.8, 4) is 0 Å². The number of fused-ring (bicyclic) bond motifs is 1. The van der Waals surface area contributed by atoms with E-state index in [-0.39, 0.29) is 11.9 Å². The molecule has 1 amide bonds. The van der Waals surface area contributed by atoms with Gasteiger partial charge in [-0.25, -0.2) is 0 Å². The molecule has 0 aliphatic carbocycles. The van der Waals surface area contributed by atoms with Gasteiger partial charge in [0, 0.05) is 12.6 Å². The molecule has 0 bridgehead atoms. The fourth-order valence-electron chi connectivity index (χ4n) is 2.19. The minimum Gasteiger partial charge on any atom is -0.351 e. The smallest absolute Gasteiger partial charge is 0.243 e. The maximum atomic E-state index is 11.4. The van der Waals surface area contributed by atoms with E-state index in [4.69, 9.17) is 0 Å². The second-order valence-electron chi connectivity index (χ2n) is 4.20. The van der Waals surface area contributed by atoms with Crippen molar-refractivity contribution in [2.75, 3.05) is 13.1 Å². The molecule has 2 rings (SSSR count). The van der Waals surface area contributed by atoms with Crippen molar-refractivity contribution in [3.63, 3.8) is 0 Å². The van der Waals surface area contributed by atoms with E-state index in [0.29, 0.717) is 6.54 Å². The third-order valence-electron chi connectivity index (χ3n) is 3.01. The van der Waals surface area contributed by atoms with Crippen molar-refractivity contribution in [3.05, 3.63) is 47.5 Å². The standard InChI is InChI=1S/C14H18N2O/c1-2-5-14(17)16-10-13-12-7-4-3-6-11(12)8-9-15-13/h2-7,13,15H,8-10H2,1H3,(H,16,17)/b5-2+. The van der Waals surface area contributed by atoms with Gasteiger partial charge in [0.1, 0.15) is 0 Å². The van der Waals surface area contributed by atoms with Crippen LogP contribution in [0.3, 0.4) is 0 Å². The van der Waals surface area contributed by atoms with Gasteiger partial charge in [-0.2, -0.15) is 0 Å². The van der Waals surface area contributed by atoms with Gasteiger partial charge < -0.3 is 10.6 Å². The highest BCUT2D eigenvalue weighted by molar-refractivity contribution is 5.87. The molecule has 1 aliphatic rings. The van der Waals surface area contributed by atoms with E-state index in [2.05, 4.69) is 28.8 Å². The monoisotopic (exact) mass is 230 g/mol. The van der Waals surface area contributed by atoms with Crippen molar-refractivity contribution < 1.29 is 4.79 Å². The normalized spacial score (nSPS) is 19.0. The Morgan fingerprint density at radius 1 is 1.53 bits per heavy atom. The Morgan fingerprint density at radius 3 is 3.18 bits per heavy atom. The summed E-state index contributed by atoms with van der Waals surface area (Å²) in [5, 5.41) is 6.34. The molecule has 1 aromatic carbocycles. The van der Waals surface area contributed by atoms with Crippen LogP contribution in [0.1, 0.15) is 24.1 Å². The van der Waals surface area contributed by atoms with E-state index in [0.717, 1.165) is 13.0 Å². The molecule has 0 fully saturated rings. The van der Waals surface area contributed by atoms with E-state index in [9.17, 15) is 4.79 Å². The summed E-state index contributed by atoms with van der Waals surface area (Å²) in [5.74, 6) is -0.0302. The fourth-order valence-corrected chi connectivity index (χ4v) is 2.19. The highest BCUT2D eigenvalue weighted by Crippen LogP contribution is 2.21. The summed E-state index contributed by atoms with van der Waals surface area (Å²) in [6, 6.07) is 8.64. The summed E-state index contributed by atoms with van der Waals surface area (Å²) in [7, 11) is 0. The van der Waals surface area contributed by atoms with Gasteiger partial charge in [0.25, 0.3) is 0 Å². The second kappa shape index (κ2) is 5.64. The van der Waals surface area contributed by atoms with Gasteiger partial charge in [-0.05, 0) is 37.1 Å². The molecule has 0 aromatic heterocycles. The molecule has 90 valence electrons. The van der Waals surface area contributed by atoms with Crippen LogP contribution in [0, 0.1) is 0 Å². The summed E-state index contributed by atoms with van der Waals surface area (Å²) >= 11 is 0. The average molecular weight is 230 g/mol. The third-order valence-corrected chi connectivity index (χ3v) is 3.01. The van der Waals surface area contributed by atoms with E-state index < -0.39 is 0 Å². The molecule has 3 heteroatoms. The maximum absolute atomic E-state index is 11.4. The minimum atomic E-state index is -0.0302. The quantitative estimate of drug-likeness (QED) is 0.774. The van der Waals surface area contributed by atoms with Crippen LogP contribution >= 0.6 is 0 Å². The van der Waals surface area contributed by atoms with Crippen molar-refractivity contribution in [1.82, 2.24) is 10.6 Å². The molecular weight excluding hydrogens is 212 g/mol. The first kappa shape index (κ1) is 11.9. The molecule has 1 unspecified atom stereocenters. The number of allylic oxidation sites excluding steroid dienone is 1. The predicted octanol–water partition coefficient (Wildman–Crippen LogP) is 1.57. The topological polar surface area (TPSA) is 41.1 Å². The zero-order valence-corrected chi connectivity index (χ0v) is 10.1. The number of benzene rings is 1. The Labute approximate surface area is 102 Å². The lowest BCUT2D eigenvalue weighted by molar-refractivity contribution is -0.116. The summed E-state index contributed by atoms with van der Waals surface area (Å²) in [6.07, 6.45) is 4.36.